The lowest BCUT2D eigenvalue weighted by Crippen LogP contribution is -2.44. The molecule has 2 N–H and O–H groups in total. The van der Waals surface area contributed by atoms with Crippen LogP contribution >= 0.6 is 0 Å². The van der Waals surface area contributed by atoms with Gasteiger partial charge in [0.05, 0.1) is 12.9 Å². The summed E-state index contributed by atoms with van der Waals surface area (Å²) >= 11 is 0. The summed E-state index contributed by atoms with van der Waals surface area (Å²) in [6.45, 7) is 2.10. The molecule has 1 saturated carbocycles. The van der Waals surface area contributed by atoms with Crippen molar-refractivity contribution in [1.29, 1.82) is 0 Å². The zero-order chi connectivity index (χ0) is 16.3. The number of hydrogen-bond acceptors (Lipinski definition) is 6. The summed E-state index contributed by atoms with van der Waals surface area (Å²) in [5.41, 5.74) is -0.216. The first-order valence-electron chi connectivity index (χ1n) is 7.87. The summed E-state index contributed by atoms with van der Waals surface area (Å²) in [7, 11) is 0. The average Bonchev–Trinajstić information content (AvgIpc) is 3.26. The van der Waals surface area contributed by atoms with E-state index in [9.17, 15) is 9.90 Å². The number of carbonyl (C=O) groups excluding carboxylic acids is 1. The molecule has 0 aromatic carbocycles. The van der Waals surface area contributed by atoms with Crippen LogP contribution < -0.4 is 5.32 Å². The molecule has 3 rings (SSSR count). The van der Waals surface area contributed by atoms with Crippen LogP contribution in [-0.4, -0.2) is 33.8 Å². The Morgan fingerprint density at radius 3 is 3.17 bits per heavy atom. The minimum atomic E-state index is -0.216. The highest BCUT2D eigenvalue weighted by Crippen LogP contribution is 2.37. The smallest absolute Gasteiger partial charge is 0.238 e. The molecular weight excluding hydrogens is 298 g/mol. The minimum absolute atomic E-state index is 0.0290. The van der Waals surface area contributed by atoms with Gasteiger partial charge in [0.15, 0.2) is 5.76 Å². The van der Waals surface area contributed by atoms with Gasteiger partial charge in [0.2, 0.25) is 17.6 Å². The van der Waals surface area contributed by atoms with E-state index in [1.165, 1.54) is 0 Å². The lowest BCUT2D eigenvalue weighted by atomic mass is 9.86. The van der Waals surface area contributed by atoms with Crippen LogP contribution in [0, 0.1) is 5.41 Å². The van der Waals surface area contributed by atoms with Gasteiger partial charge in [-0.05, 0) is 25.0 Å². The van der Waals surface area contributed by atoms with Crippen LogP contribution in [0.5, 0.6) is 0 Å². The molecule has 124 valence electrons. The van der Waals surface area contributed by atoms with Crippen molar-refractivity contribution >= 4 is 5.91 Å². The van der Waals surface area contributed by atoms with Gasteiger partial charge in [-0.15, -0.1) is 0 Å². The third-order valence-electron chi connectivity index (χ3n) is 4.55. The van der Waals surface area contributed by atoms with Gasteiger partial charge in [0.25, 0.3) is 0 Å². The predicted octanol–water partition coefficient (Wildman–Crippen LogP) is 1.93. The van der Waals surface area contributed by atoms with Gasteiger partial charge in [-0.25, -0.2) is 0 Å². The van der Waals surface area contributed by atoms with E-state index in [4.69, 9.17) is 8.94 Å². The molecule has 1 fully saturated rings. The Morgan fingerprint density at radius 1 is 1.57 bits per heavy atom. The molecule has 0 radical (unpaired) electrons. The van der Waals surface area contributed by atoms with Crippen LogP contribution in [0.15, 0.2) is 27.3 Å². The topological polar surface area (TPSA) is 101 Å². The number of amides is 1. The number of nitrogens with zero attached hydrogens (tertiary/aromatic N) is 2. The molecule has 7 heteroatoms. The molecule has 2 aromatic heterocycles. The Morgan fingerprint density at radius 2 is 2.43 bits per heavy atom. The van der Waals surface area contributed by atoms with E-state index in [0.29, 0.717) is 23.9 Å². The van der Waals surface area contributed by atoms with Crippen LogP contribution in [0.4, 0.5) is 0 Å². The quantitative estimate of drug-likeness (QED) is 0.843. The summed E-state index contributed by atoms with van der Waals surface area (Å²) in [4.78, 5) is 16.3. The van der Waals surface area contributed by atoms with Gasteiger partial charge >= 0.3 is 0 Å². The number of nitrogens with one attached hydrogen (secondary N) is 1. The second kappa shape index (κ2) is 6.54. The van der Waals surface area contributed by atoms with Crippen LogP contribution in [0.3, 0.4) is 0 Å². The van der Waals surface area contributed by atoms with Crippen LogP contribution in [-0.2, 0) is 11.2 Å². The molecule has 0 aliphatic heterocycles. The maximum absolute atomic E-state index is 12.1. The van der Waals surface area contributed by atoms with Crippen molar-refractivity contribution in [2.75, 3.05) is 6.61 Å². The lowest BCUT2D eigenvalue weighted by Gasteiger charge is -2.30. The monoisotopic (exact) mass is 319 g/mol. The van der Waals surface area contributed by atoms with Gasteiger partial charge in [-0.2, -0.15) is 4.98 Å². The van der Waals surface area contributed by atoms with Crippen molar-refractivity contribution < 1.29 is 18.8 Å². The van der Waals surface area contributed by atoms with E-state index in [0.717, 1.165) is 19.3 Å². The number of furan rings is 1. The Balaban J connectivity index is 1.51. The molecule has 1 aliphatic rings. The standard InChI is InChI=1S/C16H21N3O4/c1-16(10-20)8-2-5-12(16)17-13(21)6-7-14-18-15(19-23-14)11-4-3-9-22-11/h3-4,9,12,20H,2,5-8,10H2,1H3,(H,17,21). The highest BCUT2D eigenvalue weighted by Gasteiger charge is 2.38. The van der Waals surface area contributed by atoms with Gasteiger partial charge in [0.1, 0.15) is 0 Å². The van der Waals surface area contributed by atoms with Gasteiger partial charge in [-0.1, -0.05) is 18.5 Å². The minimum Gasteiger partial charge on any atom is -0.461 e. The first kappa shape index (κ1) is 15.7. The maximum Gasteiger partial charge on any atom is 0.238 e. The molecule has 0 spiro atoms. The summed E-state index contributed by atoms with van der Waals surface area (Å²) in [6.07, 6.45) is 5.06. The molecule has 2 atom stereocenters. The van der Waals surface area contributed by atoms with Crippen LogP contribution in [0.25, 0.3) is 11.6 Å². The second-order valence-electron chi connectivity index (χ2n) is 6.31. The second-order valence-corrected chi connectivity index (χ2v) is 6.31. The van der Waals surface area contributed by atoms with Crippen molar-refractivity contribution in [2.45, 2.75) is 45.1 Å². The van der Waals surface area contributed by atoms with E-state index >= 15 is 0 Å². The molecule has 2 unspecified atom stereocenters. The Kier molecular flexibility index (Phi) is 4.47. The summed E-state index contributed by atoms with van der Waals surface area (Å²) in [5.74, 6) is 1.26. The number of aliphatic hydroxyl groups is 1. The van der Waals surface area contributed by atoms with Crippen molar-refractivity contribution in [3.63, 3.8) is 0 Å². The molecule has 0 saturated heterocycles. The number of hydrogen-bond donors (Lipinski definition) is 2. The van der Waals surface area contributed by atoms with E-state index in [1.807, 2.05) is 6.92 Å². The number of rotatable bonds is 6. The van der Waals surface area contributed by atoms with E-state index in [1.54, 1.807) is 18.4 Å². The third kappa shape index (κ3) is 3.44. The van der Waals surface area contributed by atoms with Gasteiger partial charge in [-0.3, -0.25) is 4.79 Å². The summed E-state index contributed by atoms with van der Waals surface area (Å²) in [5, 5.41) is 16.4. The molecule has 1 aliphatic carbocycles. The average molecular weight is 319 g/mol. The number of aromatic nitrogens is 2. The highest BCUT2D eigenvalue weighted by molar-refractivity contribution is 5.76. The van der Waals surface area contributed by atoms with Gasteiger partial charge < -0.3 is 19.4 Å². The maximum atomic E-state index is 12.1. The molecule has 7 nitrogen and oxygen atoms in total. The first-order valence-corrected chi connectivity index (χ1v) is 7.87. The van der Waals surface area contributed by atoms with Crippen LogP contribution in [0.2, 0.25) is 0 Å². The van der Waals surface area contributed by atoms with Crippen molar-refractivity contribution in [3.05, 3.63) is 24.3 Å². The molecular formula is C16H21N3O4. The normalized spacial score (nSPS) is 24.0. The Hall–Kier alpha value is -2.15. The predicted molar refractivity (Wildman–Crippen MR) is 81.3 cm³/mol. The van der Waals surface area contributed by atoms with Gasteiger partial charge in [0, 0.05) is 24.3 Å². The van der Waals surface area contributed by atoms with Crippen molar-refractivity contribution in [3.8, 4) is 11.6 Å². The first-order chi connectivity index (χ1) is 11.1. The third-order valence-corrected chi connectivity index (χ3v) is 4.55. The molecule has 23 heavy (non-hydrogen) atoms. The molecule has 2 aromatic rings. The summed E-state index contributed by atoms with van der Waals surface area (Å²) < 4.78 is 10.3. The van der Waals surface area contributed by atoms with Crippen molar-refractivity contribution in [1.82, 2.24) is 15.5 Å². The Bertz CT molecular complexity index is 652. The Labute approximate surface area is 134 Å². The molecule has 0 bridgehead atoms. The fourth-order valence-electron chi connectivity index (χ4n) is 3.02. The van der Waals surface area contributed by atoms with Crippen LogP contribution in [0.1, 0.15) is 38.5 Å². The SMILES string of the molecule is CC1(CO)CCCC1NC(=O)CCc1nc(-c2ccco2)no1. The van der Waals surface area contributed by atoms with E-state index in [2.05, 4.69) is 15.5 Å². The highest BCUT2D eigenvalue weighted by atomic mass is 16.5. The number of aryl methyl sites for hydroxylation is 1. The fourth-order valence-corrected chi connectivity index (χ4v) is 3.02. The molecule has 1 amide bonds. The molecule has 2 heterocycles. The van der Waals surface area contributed by atoms with E-state index < -0.39 is 0 Å². The summed E-state index contributed by atoms with van der Waals surface area (Å²) in [6, 6.07) is 3.52. The number of aliphatic hydroxyl groups excluding tert-OH is 1. The zero-order valence-electron chi connectivity index (χ0n) is 13.1. The van der Waals surface area contributed by atoms with Crippen molar-refractivity contribution in [2.24, 2.45) is 5.41 Å². The zero-order valence-corrected chi connectivity index (χ0v) is 13.1. The fraction of sp³-hybridized carbons (Fsp3) is 0.562. The largest absolute Gasteiger partial charge is 0.461 e. The van der Waals surface area contributed by atoms with E-state index in [-0.39, 0.29) is 30.4 Å². The lowest BCUT2D eigenvalue weighted by molar-refractivity contribution is -0.122. The number of carbonyl (C=O) groups is 1.